The molecular weight excluding hydrogens is 358 g/mol. The molecule has 2 aliphatic heterocycles. The first-order valence-corrected chi connectivity index (χ1v) is 9.26. The fourth-order valence-corrected chi connectivity index (χ4v) is 3.60. The van der Waals surface area contributed by atoms with Crippen LogP contribution in [0.25, 0.3) is 0 Å². The number of carbonyl (C=O) groups excluding carboxylic acids is 1. The molecule has 1 aromatic rings. The van der Waals surface area contributed by atoms with Gasteiger partial charge in [0.05, 0.1) is 10.6 Å². The van der Waals surface area contributed by atoms with E-state index in [1.807, 2.05) is 23.1 Å². The molecule has 5 heteroatoms. The normalized spacial score (nSPS) is 22.3. The monoisotopic (exact) mass is 381 g/mol. The second-order valence-corrected chi connectivity index (χ2v) is 7.42. The molecule has 2 fully saturated rings. The van der Waals surface area contributed by atoms with Gasteiger partial charge in [0.1, 0.15) is 12.4 Å². The summed E-state index contributed by atoms with van der Waals surface area (Å²) in [6.07, 6.45) is 4.54. The summed E-state index contributed by atoms with van der Waals surface area (Å²) in [6, 6.07) is 5.60. The van der Waals surface area contributed by atoms with Crippen molar-refractivity contribution in [3.63, 3.8) is 0 Å². The van der Waals surface area contributed by atoms with E-state index in [2.05, 4.69) is 22.9 Å². The summed E-state index contributed by atoms with van der Waals surface area (Å²) in [5, 5.41) is 0. The summed E-state index contributed by atoms with van der Waals surface area (Å²) in [5.41, 5.74) is 0.718. The van der Waals surface area contributed by atoms with Crippen molar-refractivity contribution in [1.82, 2.24) is 4.90 Å². The van der Waals surface area contributed by atoms with Gasteiger partial charge in [-0.2, -0.15) is 0 Å². The van der Waals surface area contributed by atoms with Crippen LogP contribution >= 0.6 is 15.9 Å². The van der Waals surface area contributed by atoms with Gasteiger partial charge in [0.2, 0.25) is 0 Å². The molecule has 23 heavy (non-hydrogen) atoms. The van der Waals surface area contributed by atoms with Gasteiger partial charge in [-0.05, 0) is 65.7 Å². The highest BCUT2D eigenvalue weighted by Gasteiger charge is 2.22. The molecular formula is C18H24BrNO3. The lowest BCUT2D eigenvalue weighted by molar-refractivity contribution is 0.0673. The number of hydrogen-bond donors (Lipinski definition) is 0. The number of piperidine rings is 1. The Hall–Kier alpha value is -1.07. The van der Waals surface area contributed by atoms with Crippen LogP contribution in [0.4, 0.5) is 0 Å². The molecule has 4 nitrogen and oxygen atoms in total. The zero-order valence-electron chi connectivity index (χ0n) is 13.6. The van der Waals surface area contributed by atoms with Crippen LogP contribution in [0.2, 0.25) is 0 Å². The van der Waals surface area contributed by atoms with Crippen LogP contribution in [0.3, 0.4) is 0 Å². The Labute approximate surface area is 146 Å². The largest absolute Gasteiger partial charge is 0.490 e. The number of benzene rings is 1. The maximum atomic E-state index is 12.6. The van der Waals surface area contributed by atoms with Gasteiger partial charge in [-0.3, -0.25) is 4.79 Å². The summed E-state index contributed by atoms with van der Waals surface area (Å²) in [6.45, 7) is 5.36. The smallest absolute Gasteiger partial charge is 0.253 e. The summed E-state index contributed by atoms with van der Waals surface area (Å²) < 4.78 is 12.2. The molecule has 0 saturated carbocycles. The maximum absolute atomic E-state index is 12.6. The van der Waals surface area contributed by atoms with Crippen molar-refractivity contribution < 1.29 is 14.3 Å². The highest BCUT2D eigenvalue weighted by Crippen LogP contribution is 2.28. The Balaban J connectivity index is 1.60. The average Bonchev–Trinajstić information content (AvgIpc) is 3.07. The molecule has 0 spiro atoms. The van der Waals surface area contributed by atoms with Gasteiger partial charge in [-0.25, -0.2) is 0 Å². The van der Waals surface area contributed by atoms with Crippen LogP contribution in [0, 0.1) is 5.92 Å². The quantitative estimate of drug-likeness (QED) is 0.794. The summed E-state index contributed by atoms with van der Waals surface area (Å²) in [4.78, 5) is 14.5. The average molecular weight is 382 g/mol. The minimum atomic E-state index is 0.114. The van der Waals surface area contributed by atoms with E-state index in [9.17, 15) is 4.79 Å². The lowest BCUT2D eigenvalue weighted by atomic mass is 9.98. The van der Waals surface area contributed by atoms with Gasteiger partial charge >= 0.3 is 0 Å². The standard InChI is InChI=1S/C18H24BrNO3/c1-13-6-8-20(9-7-13)18(21)14-4-5-17(16(19)11-14)23-12-15-3-2-10-22-15/h4-5,11,13,15H,2-3,6-10,12H2,1H3/t15-/m0/s1. The first-order valence-electron chi connectivity index (χ1n) is 8.46. The van der Waals surface area contributed by atoms with E-state index >= 15 is 0 Å². The lowest BCUT2D eigenvalue weighted by Crippen LogP contribution is -2.37. The molecule has 0 aliphatic carbocycles. The van der Waals surface area contributed by atoms with Crippen molar-refractivity contribution in [2.24, 2.45) is 5.92 Å². The van der Waals surface area contributed by atoms with Crippen molar-refractivity contribution in [3.05, 3.63) is 28.2 Å². The van der Waals surface area contributed by atoms with Gasteiger partial charge in [0, 0.05) is 25.3 Å². The van der Waals surface area contributed by atoms with Crippen molar-refractivity contribution in [2.45, 2.75) is 38.7 Å². The molecule has 2 heterocycles. The van der Waals surface area contributed by atoms with Crippen LogP contribution in [0.15, 0.2) is 22.7 Å². The van der Waals surface area contributed by atoms with E-state index in [0.717, 1.165) is 67.1 Å². The number of likely N-dealkylation sites (tertiary alicyclic amines) is 1. The number of amides is 1. The van der Waals surface area contributed by atoms with E-state index in [4.69, 9.17) is 9.47 Å². The zero-order valence-corrected chi connectivity index (χ0v) is 15.2. The van der Waals surface area contributed by atoms with Gasteiger partial charge < -0.3 is 14.4 Å². The number of rotatable bonds is 4. The first kappa shape index (κ1) is 16.8. The van der Waals surface area contributed by atoms with E-state index in [1.165, 1.54) is 0 Å². The Morgan fingerprint density at radius 2 is 2.13 bits per heavy atom. The van der Waals surface area contributed by atoms with Gasteiger partial charge in [-0.15, -0.1) is 0 Å². The lowest BCUT2D eigenvalue weighted by Gasteiger charge is -2.30. The molecule has 1 atom stereocenters. The third kappa shape index (κ3) is 4.27. The van der Waals surface area contributed by atoms with Crippen molar-refractivity contribution in [1.29, 1.82) is 0 Å². The predicted octanol–water partition coefficient (Wildman–Crippen LogP) is 3.88. The second-order valence-electron chi connectivity index (χ2n) is 6.57. The number of nitrogens with zero attached hydrogens (tertiary/aromatic N) is 1. The molecule has 126 valence electrons. The zero-order chi connectivity index (χ0) is 16.2. The second kappa shape index (κ2) is 7.67. The van der Waals surface area contributed by atoms with Crippen LogP contribution in [-0.2, 0) is 4.74 Å². The number of carbonyl (C=O) groups is 1. The molecule has 2 aliphatic rings. The van der Waals surface area contributed by atoms with Crippen molar-refractivity contribution in [3.8, 4) is 5.75 Å². The Bertz CT molecular complexity index is 549. The molecule has 0 radical (unpaired) electrons. The third-order valence-electron chi connectivity index (χ3n) is 4.70. The highest BCUT2D eigenvalue weighted by atomic mass is 79.9. The molecule has 0 unspecified atom stereocenters. The topological polar surface area (TPSA) is 38.8 Å². The Morgan fingerprint density at radius 1 is 1.35 bits per heavy atom. The minimum absolute atomic E-state index is 0.114. The van der Waals surface area contributed by atoms with E-state index < -0.39 is 0 Å². The molecule has 1 aromatic carbocycles. The molecule has 3 rings (SSSR count). The number of halogens is 1. The summed E-state index contributed by atoms with van der Waals surface area (Å²) in [5.74, 6) is 1.60. The van der Waals surface area contributed by atoms with Gasteiger partial charge in [0.15, 0.2) is 0 Å². The molecule has 0 N–H and O–H groups in total. The fourth-order valence-electron chi connectivity index (χ4n) is 3.10. The van der Waals surface area contributed by atoms with Gasteiger partial charge in [0.25, 0.3) is 5.91 Å². The first-order chi connectivity index (χ1) is 11.1. The van der Waals surface area contributed by atoms with Crippen LogP contribution < -0.4 is 4.74 Å². The highest BCUT2D eigenvalue weighted by molar-refractivity contribution is 9.10. The van der Waals surface area contributed by atoms with Crippen molar-refractivity contribution >= 4 is 21.8 Å². The van der Waals surface area contributed by atoms with Crippen LogP contribution in [0.5, 0.6) is 5.75 Å². The van der Waals surface area contributed by atoms with Crippen molar-refractivity contribution in [2.75, 3.05) is 26.3 Å². The summed E-state index contributed by atoms with van der Waals surface area (Å²) in [7, 11) is 0. The SMILES string of the molecule is CC1CCN(C(=O)c2ccc(OC[C@@H]3CCCO3)c(Br)c2)CC1. The number of ether oxygens (including phenoxy) is 2. The molecule has 1 amide bonds. The predicted molar refractivity (Wildman–Crippen MR) is 92.9 cm³/mol. The number of hydrogen-bond acceptors (Lipinski definition) is 3. The minimum Gasteiger partial charge on any atom is -0.490 e. The molecule has 2 saturated heterocycles. The van der Waals surface area contributed by atoms with Gasteiger partial charge in [-0.1, -0.05) is 6.92 Å². The van der Waals surface area contributed by atoms with E-state index in [0.29, 0.717) is 6.61 Å². The van der Waals surface area contributed by atoms with Crippen LogP contribution in [-0.4, -0.2) is 43.2 Å². The van der Waals surface area contributed by atoms with Crippen LogP contribution in [0.1, 0.15) is 43.0 Å². The Kier molecular flexibility index (Phi) is 5.59. The fraction of sp³-hybridized carbons (Fsp3) is 0.611. The van der Waals surface area contributed by atoms with E-state index in [-0.39, 0.29) is 12.0 Å². The van der Waals surface area contributed by atoms with E-state index in [1.54, 1.807) is 0 Å². The summed E-state index contributed by atoms with van der Waals surface area (Å²) >= 11 is 3.52. The third-order valence-corrected chi connectivity index (χ3v) is 5.32. The molecule has 0 aromatic heterocycles. The molecule has 0 bridgehead atoms. The Morgan fingerprint density at radius 3 is 2.78 bits per heavy atom. The maximum Gasteiger partial charge on any atom is 0.253 e.